The monoisotopic (exact) mass is 250 g/mol. The van der Waals surface area contributed by atoms with Crippen LogP contribution in [0.1, 0.15) is 24.8 Å². The van der Waals surface area contributed by atoms with Crippen molar-refractivity contribution in [1.29, 1.82) is 0 Å². The van der Waals surface area contributed by atoms with E-state index in [-0.39, 0.29) is 18.1 Å². The van der Waals surface area contributed by atoms with Gasteiger partial charge >= 0.3 is 0 Å². The minimum Gasteiger partial charge on any atom is -0.356 e. The van der Waals surface area contributed by atoms with Crippen molar-refractivity contribution >= 4 is 5.91 Å². The highest BCUT2D eigenvalue weighted by molar-refractivity contribution is 5.78. The lowest BCUT2D eigenvalue weighted by Crippen LogP contribution is -2.31. The molecule has 0 unspecified atom stereocenters. The molecule has 1 aliphatic heterocycles. The van der Waals surface area contributed by atoms with Gasteiger partial charge in [-0.15, -0.1) is 0 Å². The molecule has 1 atom stereocenters. The molecule has 0 aliphatic carbocycles. The predicted octanol–water partition coefficient (Wildman–Crippen LogP) is 1.63. The van der Waals surface area contributed by atoms with E-state index in [9.17, 15) is 9.18 Å². The maximum Gasteiger partial charge on any atom is 0.224 e. The summed E-state index contributed by atoms with van der Waals surface area (Å²) >= 11 is 0. The van der Waals surface area contributed by atoms with E-state index in [1.54, 1.807) is 18.2 Å². The number of nitrogens with one attached hydrogen (secondary N) is 2. The molecule has 1 aliphatic rings. The van der Waals surface area contributed by atoms with Crippen molar-refractivity contribution in [2.45, 2.75) is 31.7 Å². The van der Waals surface area contributed by atoms with Crippen molar-refractivity contribution in [1.82, 2.24) is 10.6 Å². The van der Waals surface area contributed by atoms with Gasteiger partial charge in [0, 0.05) is 12.6 Å². The van der Waals surface area contributed by atoms with Crippen LogP contribution in [0.2, 0.25) is 0 Å². The lowest BCUT2D eigenvalue weighted by molar-refractivity contribution is -0.120. The van der Waals surface area contributed by atoms with Crippen LogP contribution in [0.5, 0.6) is 0 Å². The van der Waals surface area contributed by atoms with E-state index in [2.05, 4.69) is 10.6 Å². The van der Waals surface area contributed by atoms with Crippen molar-refractivity contribution < 1.29 is 9.18 Å². The summed E-state index contributed by atoms with van der Waals surface area (Å²) in [4.78, 5) is 11.6. The summed E-state index contributed by atoms with van der Waals surface area (Å²) in [5.74, 6) is -0.428. The fraction of sp³-hybridized carbons (Fsp3) is 0.500. The van der Waals surface area contributed by atoms with Gasteiger partial charge in [-0.25, -0.2) is 4.39 Å². The molecule has 1 heterocycles. The Morgan fingerprint density at radius 1 is 1.44 bits per heavy atom. The number of hydrogen-bond acceptors (Lipinski definition) is 2. The minimum absolute atomic E-state index is 0.113. The van der Waals surface area contributed by atoms with E-state index in [0.29, 0.717) is 18.2 Å². The third kappa shape index (κ3) is 3.81. The Morgan fingerprint density at radius 3 is 3.00 bits per heavy atom. The first-order chi connectivity index (χ1) is 8.75. The molecule has 2 N–H and O–H groups in total. The van der Waals surface area contributed by atoms with Crippen LogP contribution in [0.3, 0.4) is 0 Å². The maximum atomic E-state index is 13.3. The highest BCUT2D eigenvalue weighted by Crippen LogP contribution is 2.08. The number of benzene rings is 1. The van der Waals surface area contributed by atoms with Gasteiger partial charge in [-0.2, -0.15) is 0 Å². The molecule has 98 valence electrons. The van der Waals surface area contributed by atoms with Crippen molar-refractivity contribution in [2.24, 2.45) is 0 Å². The normalized spacial score (nSPS) is 18.8. The number of rotatable bonds is 5. The molecular formula is C14H19FN2O. The lowest BCUT2D eigenvalue weighted by atomic mass is 10.1. The Bertz CT molecular complexity index is 403. The Hall–Kier alpha value is -1.42. The first-order valence-corrected chi connectivity index (χ1v) is 6.49. The first kappa shape index (κ1) is 13.0. The van der Waals surface area contributed by atoms with Gasteiger partial charge in [0.05, 0.1) is 6.42 Å². The second kappa shape index (κ2) is 6.50. The van der Waals surface area contributed by atoms with E-state index < -0.39 is 0 Å². The van der Waals surface area contributed by atoms with Crippen molar-refractivity contribution in [3.8, 4) is 0 Å². The van der Waals surface area contributed by atoms with Gasteiger partial charge in [0.2, 0.25) is 5.91 Å². The molecule has 4 heteroatoms. The van der Waals surface area contributed by atoms with Gasteiger partial charge in [-0.1, -0.05) is 18.2 Å². The molecule has 2 rings (SSSR count). The second-order valence-corrected chi connectivity index (χ2v) is 4.70. The van der Waals surface area contributed by atoms with Crippen LogP contribution in [-0.2, 0) is 11.2 Å². The van der Waals surface area contributed by atoms with Crippen LogP contribution in [0, 0.1) is 5.82 Å². The average Bonchev–Trinajstić information content (AvgIpc) is 2.85. The fourth-order valence-corrected chi connectivity index (χ4v) is 2.27. The Labute approximate surface area is 107 Å². The predicted molar refractivity (Wildman–Crippen MR) is 68.8 cm³/mol. The molecule has 1 amide bonds. The van der Waals surface area contributed by atoms with Crippen LogP contribution in [0.25, 0.3) is 0 Å². The zero-order valence-corrected chi connectivity index (χ0v) is 10.4. The first-order valence-electron chi connectivity index (χ1n) is 6.49. The van der Waals surface area contributed by atoms with Crippen LogP contribution in [0.15, 0.2) is 24.3 Å². The largest absolute Gasteiger partial charge is 0.356 e. The summed E-state index contributed by atoms with van der Waals surface area (Å²) in [5.41, 5.74) is 0.453. The number of amides is 1. The second-order valence-electron chi connectivity index (χ2n) is 4.70. The van der Waals surface area contributed by atoms with Crippen LogP contribution in [-0.4, -0.2) is 25.0 Å². The van der Waals surface area contributed by atoms with E-state index in [0.717, 1.165) is 13.0 Å². The standard InChI is InChI=1S/C14H19FN2O/c15-13-6-2-1-4-11(13)10-14(18)17-9-7-12-5-3-8-16-12/h1-2,4,6,12,16H,3,5,7-10H2,(H,17,18)/t12-/m1/s1. The van der Waals surface area contributed by atoms with Gasteiger partial charge < -0.3 is 10.6 Å². The van der Waals surface area contributed by atoms with Gasteiger partial charge in [0.15, 0.2) is 0 Å². The van der Waals surface area contributed by atoms with Gasteiger partial charge in [0.25, 0.3) is 0 Å². The van der Waals surface area contributed by atoms with E-state index in [1.165, 1.54) is 18.9 Å². The van der Waals surface area contributed by atoms with E-state index in [4.69, 9.17) is 0 Å². The molecule has 0 bridgehead atoms. The summed E-state index contributed by atoms with van der Waals surface area (Å²) < 4.78 is 13.3. The third-order valence-electron chi connectivity index (χ3n) is 3.29. The molecule has 0 radical (unpaired) electrons. The average molecular weight is 250 g/mol. The molecule has 18 heavy (non-hydrogen) atoms. The lowest BCUT2D eigenvalue weighted by Gasteiger charge is -2.10. The van der Waals surface area contributed by atoms with Crippen molar-refractivity contribution in [3.63, 3.8) is 0 Å². The number of carbonyl (C=O) groups is 1. The summed E-state index contributed by atoms with van der Waals surface area (Å²) in [6.07, 6.45) is 3.46. The minimum atomic E-state index is -0.315. The van der Waals surface area contributed by atoms with Crippen LogP contribution < -0.4 is 10.6 Å². The zero-order chi connectivity index (χ0) is 12.8. The maximum absolute atomic E-state index is 13.3. The summed E-state index contributed by atoms with van der Waals surface area (Å²) in [6, 6.07) is 6.92. The topological polar surface area (TPSA) is 41.1 Å². The molecule has 3 nitrogen and oxygen atoms in total. The van der Waals surface area contributed by atoms with Crippen molar-refractivity contribution in [3.05, 3.63) is 35.6 Å². The molecule has 1 saturated heterocycles. The molecule has 1 fully saturated rings. The summed E-state index contributed by atoms with van der Waals surface area (Å²) in [7, 11) is 0. The highest BCUT2D eigenvalue weighted by atomic mass is 19.1. The molecule has 0 spiro atoms. The van der Waals surface area contributed by atoms with Crippen LogP contribution in [0.4, 0.5) is 4.39 Å². The number of halogens is 1. The van der Waals surface area contributed by atoms with Crippen molar-refractivity contribution in [2.75, 3.05) is 13.1 Å². The SMILES string of the molecule is O=C(Cc1ccccc1F)NCC[C@H]1CCCN1. The van der Waals surface area contributed by atoms with E-state index in [1.807, 2.05) is 0 Å². The van der Waals surface area contributed by atoms with Gasteiger partial charge in [-0.3, -0.25) is 4.79 Å². The molecule has 0 aromatic heterocycles. The number of carbonyl (C=O) groups excluding carboxylic acids is 1. The van der Waals surface area contributed by atoms with Crippen LogP contribution >= 0.6 is 0 Å². The van der Waals surface area contributed by atoms with Gasteiger partial charge in [-0.05, 0) is 37.4 Å². The molecule has 1 aromatic carbocycles. The Morgan fingerprint density at radius 2 is 2.28 bits per heavy atom. The van der Waals surface area contributed by atoms with Gasteiger partial charge in [0.1, 0.15) is 5.82 Å². The highest BCUT2D eigenvalue weighted by Gasteiger charge is 2.14. The molecule has 1 aromatic rings. The quantitative estimate of drug-likeness (QED) is 0.834. The summed E-state index contributed by atoms with van der Waals surface area (Å²) in [5, 5.41) is 6.22. The molecule has 0 saturated carbocycles. The van der Waals surface area contributed by atoms with E-state index >= 15 is 0 Å². The zero-order valence-electron chi connectivity index (χ0n) is 10.4. The smallest absolute Gasteiger partial charge is 0.224 e. The Kier molecular flexibility index (Phi) is 4.70. The fourth-order valence-electron chi connectivity index (χ4n) is 2.27. The molecular weight excluding hydrogens is 231 g/mol. The number of hydrogen-bond donors (Lipinski definition) is 2. The summed E-state index contributed by atoms with van der Waals surface area (Å²) in [6.45, 7) is 1.73. The Balaban J connectivity index is 1.70. The third-order valence-corrected chi connectivity index (χ3v) is 3.29.